The molecule has 5 nitrogen and oxygen atoms in total. The highest BCUT2D eigenvalue weighted by atomic mass is 32.2. The van der Waals surface area contributed by atoms with Crippen LogP contribution in [0.2, 0.25) is 0 Å². The predicted molar refractivity (Wildman–Crippen MR) is 135 cm³/mol. The van der Waals surface area contributed by atoms with Crippen LogP contribution in [-0.2, 0) is 14.8 Å². The van der Waals surface area contributed by atoms with Gasteiger partial charge in [0, 0.05) is 13.1 Å². The summed E-state index contributed by atoms with van der Waals surface area (Å²) in [6.45, 7) is 6.26. The van der Waals surface area contributed by atoms with Gasteiger partial charge in [0.1, 0.15) is 0 Å². The van der Waals surface area contributed by atoms with E-state index in [1.165, 1.54) is 4.31 Å². The molecule has 178 valence electrons. The van der Waals surface area contributed by atoms with Crippen LogP contribution in [0.4, 0.5) is 0 Å². The third-order valence-electron chi connectivity index (χ3n) is 6.51. The van der Waals surface area contributed by atoms with E-state index in [0.717, 1.165) is 27.8 Å². The van der Waals surface area contributed by atoms with E-state index in [9.17, 15) is 13.2 Å². The molecule has 6 heteroatoms. The van der Waals surface area contributed by atoms with Gasteiger partial charge in [0.2, 0.25) is 15.9 Å². The molecule has 1 fully saturated rings. The monoisotopic (exact) mass is 476 g/mol. The summed E-state index contributed by atoms with van der Waals surface area (Å²) in [6, 6.07) is 23.2. The van der Waals surface area contributed by atoms with Crippen molar-refractivity contribution in [3.63, 3.8) is 0 Å². The summed E-state index contributed by atoms with van der Waals surface area (Å²) in [4.78, 5) is 13.8. The minimum Gasteiger partial charge on any atom is -0.345 e. The number of carbonyl (C=O) groups excluding carboxylic acids is 1. The molecule has 0 saturated carbocycles. The first kappa shape index (κ1) is 24.2. The Bertz CT molecular complexity index is 1190. The molecule has 0 unspecified atom stereocenters. The van der Waals surface area contributed by atoms with Crippen molar-refractivity contribution in [2.24, 2.45) is 5.92 Å². The van der Waals surface area contributed by atoms with Crippen LogP contribution in [0.1, 0.15) is 46.7 Å². The zero-order valence-electron chi connectivity index (χ0n) is 20.0. The summed E-state index contributed by atoms with van der Waals surface area (Å²) in [6.07, 6.45) is 1.32. The standard InChI is InChI=1S/C28H32N2O3S/c1-20-17-21(2)27(22(3)18-20)34(32,33)30-16-10-15-25(19-30)28(31)29-26(23-11-6-4-7-12-23)24-13-8-5-9-14-24/h4-9,11-14,17-18,25-26H,10,15-16,19H2,1-3H3,(H,29,31)/t25-/m0/s1. The van der Waals surface area contributed by atoms with Gasteiger partial charge in [-0.25, -0.2) is 8.42 Å². The summed E-state index contributed by atoms with van der Waals surface area (Å²) in [5.74, 6) is -0.514. The first-order chi connectivity index (χ1) is 16.3. The van der Waals surface area contributed by atoms with E-state index in [1.807, 2.05) is 93.6 Å². The Morgan fingerprint density at radius 2 is 1.44 bits per heavy atom. The summed E-state index contributed by atoms with van der Waals surface area (Å²) in [5, 5.41) is 3.20. The maximum absolute atomic E-state index is 13.6. The fraction of sp³-hybridized carbons (Fsp3) is 0.321. The summed E-state index contributed by atoms with van der Waals surface area (Å²) >= 11 is 0. The fourth-order valence-electron chi connectivity index (χ4n) is 4.99. The molecular formula is C28H32N2O3S. The zero-order chi connectivity index (χ0) is 24.3. The Morgan fingerprint density at radius 1 is 0.912 bits per heavy atom. The van der Waals surface area contributed by atoms with Gasteiger partial charge in [0.25, 0.3) is 0 Å². The quantitative estimate of drug-likeness (QED) is 0.549. The van der Waals surface area contributed by atoms with Gasteiger partial charge >= 0.3 is 0 Å². The molecule has 0 aromatic heterocycles. The van der Waals surface area contributed by atoms with Crippen molar-refractivity contribution >= 4 is 15.9 Å². The molecule has 1 N–H and O–H groups in total. The number of sulfonamides is 1. The van der Waals surface area contributed by atoms with Crippen molar-refractivity contribution in [1.29, 1.82) is 0 Å². The van der Waals surface area contributed by atoms with Crippen LogP contribution in [0.3, 0.4) is 0 Å². The summed E-state index contributed by atoms with van der Waals surface area (Å²) < 4.78 is 28.6. The number of nitrogens with zero attached hydrogens (tertiary/aromatic N) is 1. The molecule has 1 aliphatic rings. The Morgan fingerprint density at radius 3 is 1.97 bits per heavy atom. The topological polar surface area (TPSA) is 66.5 Å². The van der Waals surface area contributed by atoms with Crippen molar-refractivity contribution in [2.75, 3.05) is 13.1 Å². The molecule has 3 aromatic carbocycles. The van der Waals surface area contributed by atoms with E-state index in [2.05, 4.69) is 5.32 Å². The van der Waals surface area contributed by atoms with Crippen LogP contribution in [-0.4, -0.2) is 31.7 Å². The fourth-order valence-corrected chi connectivity index (χ4v) is 6.92. The number of carbonyl (C=O) groups is 1. The van der Waals surface area contributed by atoms with Crippen LogP contribution in [0.25, 0.3) is 0 Å². The molecule has 34 heavy (non-hydrogen) atoms. The smallest absolute Gasteiger partial charge is 0.243 e. The minimum atomic E-state index is -3.69. The van der Waals surface area contributed by atoms with Gasteiger partial charge in [0.05, 0.1) is 16.9 Å². The maximum atomic E-state index is 13.6. The Hall–Kier alpha value is -2.96. The molecule has 0 radical (unpaired) electrons. The van der Waals surface area contributed by atoms with Gasteiger partial charge in [-0.15, -0.1) is 0 Å². The zero-order valence-corrected chi connectivity index (χ0v) is 20.8. The Labute approximate surface area is 202 Å². The van der Waals surface area contributed by atoms with Gasteiger partial charge in [-0.05, 0) is 55.9 Å². The van der Waals surface area contributed by atoms with Crippen LogP contribution in [0, 0.1) is 26.7 Å². The van der Waals surface area contributed by atoms with Gasteiger partial charge in [-0.1, -0.05) is 78.4 Å². The molecule has 3 aromatic rings. The highest BCUT2D eigenvalue weighted by Gasteiger charge is 2.35. The molecule has 1 heterocycles. The summed E-state index contributed by atoms with van der Waals surface area (Å²) in [5.41, 5.74) is 4.52. The van der Waals surface area contributed by atoms with Gasteiger partial charge in [0.15, 0.2) is 0 Å². The third-order valence-corrected chi connectivity index (χ3v) is 8.68. The highest BCUT2D eigenvalue weighted by molar-refractivity contribution is 7.89. The summed E-state index contributed by atoms with van der Waals surface area (Å²) in [7, 11) is -3.69. The molecular weight excluding hydrogens is 444 g/mol. The van der Waals surface area contributed by atoms with Crippen molar-refractivity contribution in [3.05, 3.63) is 101 Å². The van der Waals surface area contributed by atoms with Crippen molar-refractivity contribution in [3.8, 4) is 0 Å². The molecule has 1 atom stereocenters. The van der Waals surface area contributed by atoms with E-state index < -0.39 is 15.9 Å². The van der Waals surface area contributed by atoms with Crippen LogP contribution in [0.5, 0.6) is 0 Å². The average molecular weight is 477 g/mol. The normalized spacial score (nSPS) is 17.0. The lowest BCUT2D eigenvalue weighted by atomic mass is 9.95. The average Bonchev–Trinajstić information content (AvgIpc) is 2.82. The molecule has 0 spiro atoms. The molecule has 0 aliphatic carbocycles. The molecule has 1 saturated heterocycles. The van der Waals surface area contributed by atoms with E-state index >= 15 is 0 Å². The number of amides is 1. The minimum absolute atomic E-state index is 0.116. The number of piperidine rings is 1. The SMILES string of the molecule is Cc1cc(C)c(S(=O)(=O)N2CCC[C@H](C(=O)NC(c3ccccc3)c3ccccc3)C2)c(C)c1. The van der Waals surface area contributed by atoms with Crippen LogP contribution < -0.4 is 5.32 Å². The van der Waals surface area contributed by atoms with Crippen LogP contribution in [0.15, 0.2) is 77.7 Å². The van der Waals surface area contributed by atoms with E-state index in [4.69, 9.17) is 0 Å². The first-order valence-electron chi connectivity index (χ1n) is 11.8. The number of hydrogen-bond acceptors (Lipinski definition) is 3. The van der Waals surface area contributed by atoms with Gasteiger partial charge in [-0.2, -0.15) is 4.31 Å². The van der Waals surface area contributed by atoms with Crippen molar-refractivity contribution in [1.82, 2.24) is 9.62 Å². The number of hydrogen-bond donors (Lipinski definition) is 1. The maximum Gasteiger partial charge on any atom is 0.243 e. The first-order valence-corrected chi connectivity index (χ1v) is 13.2. The van der Waals surface area contributed by atoms with Gasteiger partial charge in [-0.3, -0.25) is 4.79 Å². The van der Waals surface area contributed by atoms with Crippen molar-refractivity contribution in [2.45, 2.75) is 44.6 Å². The Balaban J connectivity index is 1.56. The van der Waals surface area contributed by atoms with E-state index in [1.54, 1.807) is 0 Å². The lowest BCUT2D eigenvalue weighted by Gasteiger charge is -2.33. The number of benzene rings is 3. The molecule has 0 bridgehead atoms. The largest absolute Gasteiger partial charge is 0.345 e. The van der Waals surface area contributed by atoms with Crippen molar-refractivity contribution < 1.29 is 13.2 Å². The Kier molecular flexibility index (Phi) is 7.19. The molecule has 1 aliphatic heterocycles. The number of aryl methyl sites for hydroxylation is 3. The lowest BCUT2D eigenvalue weighted by molar-refractivity contribution is -0.126. The lowest BCUT2D eigenvalue weighted by Crippen LogP contribution is -2.46. The van der Waals surface area contributed by atoms with E-state index in [0.29, 0.717) is 24.3 Å². The van der Waals surface area contributed by atoms with Crippen LogP contribution >= 0.6 is 0 Å². The van der Waals surface area contributed by atoms with Gasteiger partial charge < -0.3 is 5.32 Å². The second-order valence-corrected chi connectivity index (χ2v) is 11.1. The van der Waals surface area contributed by atoms with E-state index in [-0.39, 0.29) is 18.5 Å². The second-order valence-electron chi connectivity index (χ2n) is 9.19. The predicted octanol–water partition coefficient (Wildman–Crippen LogP) is 4.92. The number of nitrogens with one attached hydrogen (secondary N) is 1. The molecule has 4 rings (SSSR count). The highest BCUT2D eigenvalue weighted by Crippen LogP contribution is 2.30. The second kappa shape index (κ2) is 10.1. The molecule has 1 amide bonds. The third kappa shape index (κ3) is 5.08. The number of rotatable bonds is 6.